The lowest BCUT2D eigenvalue weighted by Gasteiger charge is -2.15. The van der Waals surface area contributed by atoms with Crippen molar-refractivity contribution in [2.24, 2.45) is 29.4 Å². The first-order valence-corrected chi connectivity index (χ1v) is 5.91. The minimum absolute atomic E-state index is 0.0552. The van der Waals surface area contributed by atoms with E-state index in [1.165, 1.54) is 4.90 Å². The van der Waals surface area contributed by atoms with Crippen LogP contribution in [0.4, 0.5) is 0 Å². The van der Waals surface area contributed by atoms with E-state index in [2.05, 4.69) is 12.2 Å². The van der Waals surface area contributed by atoms with Crippen LogP contribution in [0.2, 0.25) is 0 Å². The molecule has 4 atom stereocenters. The number of nitrogens with zero attached hydrogens (tertiary/aromatic N) is 1. The summed E-state index contributed by atoms with van der Waals surface area (Å²) in [6.07, 6.45) is 5.08. The van der Waals surface area contributed by atoms with E-state index < -0.39 is 5.91 Å². The summed E-state index contributed by atoms with van der Waals surface area (Å²) in [5, 5.41) is 0. The number of amides is 3. The molecule has 2 aliphatic carbocycles. The van der Waals surface area contributed by atoms with Gasteiger partial charge in [-0.05, 0) is 18.3 Å². The Balaban J connectivity index is 1.80. The molecule has 0 spiro atoms. The van der Waals surface area contributed by atoms with Crippen molar-refractivity contribution in [3.05, 3.63) is 12.2 Å². The van der Waals surface area contributed by atoms with Crippen molar-refractivity contribution in [1.29, 1.82) is 0 Å². The van der Waals surface area contributed by atoms with Crippen LogP contribution in [0.25, 0.3) is 0 Å². The molecule has 5 heteroatoms. The Morgan fingerprint density at radius 1 is 1.24 bits per heavy atom. The number of likely N-dealkylation sites (tertiary alicyclic amines) is 1. The van der Waals surface area contributed by atoms with Crippen molar-refractivity contribution in [1.82, 2.24) is 4.90 Å². The van der Waals surface area contributed by atoms with E-state index in [9.17, 15) is 14.4 Å². The van der Waals surface area contributed by atoms with Gasteiger partial charge in [0.15, 0.2) is 0 Å². The number of hydrogen-bond acceptors (Lipinski definition) is 3. The summed E-state index contributed by atoms with van der Waals surface area (Å²) in [5.41, 5.74) is 5.04. The number of hydrogen-bond donors (Lipinski definition) is 1. The van der Waals surface area contributed by atoms with Crippen molar-refractivity contribution >= 4 is 17.7 Å². The highest BCUT2D eigenvalue weighted by molar-refractivity contribution is 6.06. The van der Waals surface area contributed by atoms with Gasteiger partial charge >= 0.3 is 0 Å². The molecular formula is C12H14N2O3. The Hall–Kier alpha value is -1.65. The molecule has 1 saturated carbocycles. The van der Waals surface area contributed by atoms with Gasteiger partial charge in [0.25, 0.3) is 0 Å². The van der Waals surface area contributed by atoms with E-state index in [0.717, 1.165) is 6.42 Å². The summed E-state index contributed by atoms with van der Waals surface area (Å²) >= 11 is 0. The zero-order valence-corrected chi connectivity index (χ0v) is 9.33. The molecule has 0 aromatic carbocycles. The highest BCUT2D eigenvalue weighted by atomic mass is 16.2. The van der Waals surface area contributed by atoms with Gasteiger partial charge in [-0.2, -0.15) is 0 Å². The number of fused-ring (bicyclic) bond motifs is 5. The molecule has 2 N–H and O–H groups in total. The van der Waals surface area contributed by atoms with Gasteiger partial charge in [0.1, 0.15) is 0 Å². The maximum Gasteiger partial charge on any atom is 0.233 e. The van der Waals surface area contributed by atoms with Crippen LogP contribution >= 0.6 is 0 Å². The molecule has 0 aromatic heterocycles. The lowest BCUT2D eigenvalue weighted by Crippen LogP contribution is -2.35. The highest BCUT2D eigenvalue weighted by Crippen LogP contribution is 2.52. The number of allylic oxidation sites excluding steroid dienone is 2. The second-order valence-corrected chi connectivity index (χ2v) is 5.04. The van der Waals surface area contributed by atoms with E-state index >= 15 is 0 Å². The van der Waals surface area contributed by atoms with Crippen LogP contribution in [-0.4, -0.2) is 29.2 Å². The smallest absolute Gasteiger partial charge is 0.233 e. The van der Waals surface area contributed by atoms with Gasteiger partial charge in [-0.25, -0.2) is 0 Å². The van der Waals surface area contributed by atoms with E-state index in [0.29, 0.717) is 0 Å². The number of carbonyl (C=O) groups excluding carboxylic acids is 3. The van der Waals surface area contributed by atoms with E-state index in [1.807, 2.05) is 0 Å². The predicted octanol–water partition coefficient (Wildman–Crippen LogP) is -0.331. The Labute approximate surface area is 98.6 Å². The van der Waals surface area contributed by atoms with Crippen molar-refractivity contribution < 1.29 is 14.4 Å². The minimum Gasteiger partial charge on any atom is -0.370 e. The lowest BCUT2D eigenvalue weighted by molar-refractivity contribution is -0.140. The predicted molar refractivity (Wildman–Crippen MR) is 58.2 cm³/mol. The summed E-state index contributed by atoms with van der Waals surface area (Å²) in [7, 11) is 0. The zero-order chi connectivity index (χ0) is 12.2. The molecule has 1 saturated heterocycles. The summed E-state index contributed by atoms with van der Waals surface area (Å²) in [6, 6.07) is 0. The minimum atomic E-state index is -0.483. The van der Waals surface area contributed by atoms with Crippen LogP contribution in [0, 0.1) is 23.7 Å². The quantitative estimate of drug-likeness (QED) is 0.536. The first-order chi connectivity index (χ1) is 8.09. The summed E-state index contributed by atoms with van der Waals surface area (Å²) < 4.78 is 0. The molecule has 3 rings (SSSR count). The van der Waals surface area contributed by atoms with E-state index in [4.69, 9.17) is 5.73 Å². The third-order valence-electron chi connectivity index (χ3n) is 4.14. The summed E-state index contributed by atoms with van der Waals surface area (Å²) in [4.78, 5) is 36.2. The summed E-state index contributed by atoms with van der Waals surface area (Å²) in [5.74, 6) is -0.615. The number of carbonyl (C=O) groups is 3. The standard InChI is InChI=1S/C12H14N2O3/c13-8(15)3-4-14-11(16)9-6-1-2-7(5-6)10(9)12(14)17/h1-2,6-7,9-10H,3-5H2,(H2,13,15)/t6-,7-,9-,10+/m1/s1. The topological polar surface area (TPSA) is 80.5 Å². The van der Waals surface area contributed by atoms with Crippen LogP contribution in [0.3, 0.4) is 0 Å². The third kappa shape index (κ3) is 1.34. The first-order valence-electron chi connectivity index (χ1n) is 5.91. The van der Waals surface area contributed by atoms with Gasteiger partial charge in [-0.1, -0.05) is 12.2 Å². The van der Waals surface area contributed by atoms with Gasteiger partial charge in [-0.3, -0.25) is 19.3 Å². The maximum absolute atomic E-state index is 12.1. The second-order valence-electron chi connectivity index (χ2n) is 5.04. The third-order valence-corrected chi connectivity index (χ3v) is 4.14. The SMILES string of the molecule is NC(=O)CCN1C(=O)[C@@H]2[C@H](C1=O)[C@@H]1C=C[C@@H]2C1. The average Bonchev–Trinajstić information content (AvgIpc) is 2.92. The van der Waals surface area contributed by atoms with Gasteiger partial charge in [0.2, 0.25) is 17.7 Å². The Morgan fingerprint density at radius 3 is 2.24 bits per heavy atom. The molecule has 0 radical (unpaired) electrons. The van der Waals surface area contributed by atoms with Crippen molar-refractivity contribution in [3.8, 4) is 0 Å². The molecule has 1 heterocycles. The van der Waals surface area contributed by atoms with E-state index in [1.54, 1.807) is 0 Å². The van der Waals surface area contributed by atoms with Crippen molar-refractivity contribution in [2.75, 3.05) is 6.54 Å². The fraction of sp³-hybridized carbons (Fsp3) is 0.583. The number of nitrogens with two attached hydrogens (primary N) is 1. The normalized spacial score (nSPS) is 38.0. The van der Waals surface area contributed by atoms with Crippen LogP contribution in [0.1, 0.15) is 12.8 Å². The molecule has 0 aromatic rings. The van der Waals surface area contributed by atoms with Crippen LogP contribution < -0.4 is 5.73 Å². The van der Waals surface area contributed by atoms with Crippen LogP contribution in [0.15, 0.2) is 12.2 Å². The molecule has 5 nitrogen and oxygen atoms in total. The Morgan fingerprint density at radius 2 is 1.76 bits per heavy atom. The van der Waals surface area contributed by atoms with Gasteiger partial charge in [0.05, 0.1) is 11.8 Å². The Kier molecular flexibility index (Phi) is 2.11. The highest BCUT2D eigenvalue weighted by Gasteiger charge is 2.58. The van der Waals surface area contributed by atoms with Crippen molar-refractivity contribution in [3.63, 3.8) is 0 Å². The number of rotatable bonds is 3. The molecule has 1 aliphatic heterocycles. The van der Waals surface area contributed by atoms with Gasteiger partial charge in [0, 0.05) is 13.0 Å². The fourth-order valence-corrected chi connectivity index (χ4v) is 3.41. The van der Waals surface area contributed by atoms with Crippen LogP contribution in [-0.2, 0) is 14.4 Å². The molecule has 0 unspecified atom stereocenters. The molecular weight excluding hydrogens is 220 g/mol. The van der Waals surface area contributed by atoms with Gasteiger partial charge < -0.3 is 5.73 Å². The average molecular weight is 234 g/mol. The number of imide groups is 1. The molecule has 2 bridgehead atoms. The zero-order valence-electron chi connectivity index (χ0n) is 9.33. The molecule has 3 aliphatic rings. The molecule has 2 fully saturated rings. The number of primary amides is 1. The lowest BCUT2D eigenvalue weighted by atomic mass is 9.85. The van der Waals surface area contributed by atoms with E-state index in [-0.39, 0.29) is 48.5 Å². The largest absolute Gasteiger partial charge is 0.370 e. The summed E-state index contributed by atoms with van der Waals surface area (Å²) in [6.45, 7) is 0.138. The first kappa shape index (κ1) is 10.5. The molecule has 3 amide bonds. The van der Waals surface area contributed by atoms with Crippen molar-refractivity contribution in [2.45, 2.75) is 12.8 Å². The second kappa shape index (κ2) is 3.42. The molecule has 17 heavy (non-hydrogen) atoms. The van der Waals surface area contributed by atoms with Gasteiger partial charge in [-0.15, -0.1) is 0 Å². The van der Waals surface area contributed by atoms with Crippen LogP contribution in [0.5, 0.6) is 0 Å². The molecule has 90 valence electrons. The Bertz CT molecular complexity index is 413. The fourth-order valence-electron chi connectivity index (χ4n) is 3.41. The monoisotopic (exact) mass is 234 g/mol. The maximum atomic E-state index is 12.1.